The van der Waals surface area contributed by atoms with Crippen molar-refractivity contribution in [2.75, 3.05) is 19.7 Å². The van der Waals surface area contributed by atoms with Crippen molar-refractivity contribution < 1.29 is 4.74 Å². The second-order valence-electron chi connectivity index (χ2n) is 6.20. The first-order chi connectivity index (χ1) is 9.40. The van der Waals surface area contributed by atoms with Crippen LogP contribution in [0.3, 0.4) is 0 Å². The number of thiazole rings is 1. The Morgan fingerprint density at radius 1 is 1.21 bits per heavy atom. The van der Waals surface area contributed by atoms with Gasteiger partial charge < -0.3 is 4.74 Å². The van der Waals surface area contributed by atoms with E-state index in [2.05, 4.69) is 10.3 Å². The summed E-state index contributed by atoms with van der Waals surface area (Å²) in [4.78, 5) is 7.50. The van der Waals surface area contributed by atoms with E-state index in [1.165, 1.54) is 55.8 Å². The second kappa shape index (κ2) is 5.15. The van der Waals surface area contributed by atoms with Crippen LogP contribution in [-0.4, -0.2) is 35.6 Å². The average Bonchev–Trinajstić information content (AvgIpc) is 3.18. The van der Waals surface area contributed by atoms with Crippen molar-refractivity contribution in [3.8, 4) is 0 Å². The molecule has 0 radical (unpaired) electrons. The number of rotatable bonds is 2. The summed E-state index contributed by atoms with van der Waals surface area (Å²) in [6.07, 6.45) is 8.32. The molecule has 2 unspecified atom stereocenters. The Bertz CT molecular complexity index is 441. The SMILES string of the molecule is c1sc(C2CN3CCCC3CO2)nc1C1CCCC1. The predicted octanol–water partition coefficient (Wildman–Crippen LogP) is 3.34. The lowest BCUT2D eigenvalue weighted by molar-refractivity contribution is -0.0503. The van der Waals surface area contributed by atoms with Gasteiger partial charge in [0.05, 0.1) is 12.3 Å². The van der Waals surface area contributed by atoms with Crippen LogP contribution < -0.4 is 0 Å². The van der Waals surface area contributed by atoms with E-state index < -0.39 is 0 Å². The van der Waals surface area contributed by atoms with Crippen molar-refractivity contribution in [2.24, 2.45) is 0 Å². The van der Waals surface area contributed by atoms with E-state index in [9.17, 15) is 0 Å². The smallest absolute Gasteiger partial charge is 0.123 e. The minimum absolute atomic E-state index is 0.231. The van der Waals surface area contributed by atoms with E-state index in [4.69, 9.17) is 9.72 Å². The molecule has 19 heavy (non-hydrogen) atoms. The number of ether oxygens (including phenoxy) is 1. The first-order valence-electron chi connectivity index (χ1n) is 7.71. The Morgan fingerprint density at radius 3 is 3.00 bits per heavy atom. The van der Waals surface area contributed by atoms with Gasteiger partial charge in [0, 0.05) is 23.9 Å². The molecule has 1 saturated carbocycles. The molecular formula is C15H22N2OS. The van der Waals surface area contributed by atoms with Gasteiger partial charge in [-0.15, -0.1) is 11.3 Å². The van der Waals surface area contributed by atoms with E-state index in [1.54, 1.807) is 0 Å². The molecule has 1 aromatic heterocycles. The minimum Gasteiger partial charge on any atom is -0.368 e. The molecule has 3 aliphatic rings. The molecule has 0 spiro atoms. The number of fused-ring (bicyclic) bond motifs is 1. The minimum atomic E-state index is 0.231. The summed E-state index contributed by atoms with van der Waals surface area (Å²) < 4.78 is 6.06. The van der Waals surface area contributed by atoms with E-state index in [0.717, 1.165) is 19.1 Å². The van der Waals surface area contributed by atoms with Gasteiger partial charge in [-0.1, -0.05) is 12.8 Å². The van der Waals surface area contributed by atoms with Gasteiger partial charge in [0.15, 0.2) is 0 Å². The highest BCUT2D eigenvalue weighted by Crippen LogP contribution is 2.37. The van der Waals surface area contributed by atoms with Crippen molar-refractivity contribution >= 4 is 11.3 Å². The van der Waals surface area contributed by atoms with Crippen LogP contribution >= 0.6 is 11.3 Å². The maximum absolute atomic E-state index is 6.06. The summed E-state index contributed by atoms with van der Waals surface area (Å²) in [5.41, 5.74) is 1.34. The lowest BCUT2D eigenvalue weighted by Crippen LogP contribution is -2.42. The predicted molar refractivity (Wildman–Crippen MR) is 76.6 cm³/mol. The molecule has 1 aromatic rings. The number of hydrogen-bond acceptors (Lipinski definition) is 4. The van der Waals surface area contributed by atoms with E-state index in [-0.39, 0.29) is 6.10 Å². The van der Waals surface area contributed by atoms with Crippen LogP contribution in [0.2, 0.25) is 0 Å². The zero-order valence-corrected chi connectivity index (χ0v) is 12.2. The third-order valence-electron chi connectivity index (χ3n) is 4.98. The van der Waals surface area contributed by atoms with Gasteiger partial charge in [-0.25, -0.2) is 4.98 Å². The van der Waals surface area contributed by atoms with Gasteiger partial charge in [-0.05, 0) is 32.2 Å². The first kappa shape index (κ1) is 12.3. The van der Waals surface area contributed by atoms with Crippen molar-refractivity contribution in [2.45, 2.75) is 56.6 Å². The molecule has 2 aliphatic heterocycles. The molecular weight excluding hydrogens is 256 g/mol. The summed E-state index contributed by atoms with van der Waals surface area (Å²) in [5.74, 6) is 0.730. The lowest BCUT2D eigenvalue weighted by Gasteiger charge is -2.34. The van der Waals surface area contributed by atoms with Crippen LogP contribution in [-0.2, 0) is 4.74 Å². The zero-order valence-electron chi connectivity index (χ0n) is 11.4. The van der Waals surface area contributed by atoms with E-state index in [0.29, 0.717) is 6.04 Å². The highest BCUT2D eigenvalue weighted by Gasteiger charge is 2.34. The third-order valence-corrected chi connectivity index (χ3v) is 5.93. The van der Waals surface area contributed by atoms with Gasteiger partial charge in [-0.3, -0.25) is 4.90 Å². The normalized spacial score (nSPS) is 32.8. The number of hydrogen-bond donors (Lipinski definition) is 0. The molecule has 3 fully saturated rings. The highest BCUT2D eigenvalue weighted by molar-refractivity contribution is 7.09. The molecule has 0 N–H and O–H groups in total. The Balaban J connectivity index is 1.47. The largest absolute Gasteiger partial charge is 0.368 e. The van der Waals surface area contributed by atoms with Crippen LogP contribution in [0.1, 0.15) is 61.2 Å². The van der Waals surface area contributed by atoms with Crippen LogP contribution in [0.15, 0.2) is 5.38 Å². The number of nitrogens with zero attached hydrogens (tertiary/aromatic N) is 2. The molecule has 2 saturated heterocycles. The standard InChI is InChI=1S/C15H22N2OS/c1-2-5-11(4-1)13-10-19-15(16-13)14-8-17-7-3-6-12(17)9-18-14/h10-12,14H,1-9H2. The van der Waals surface area contributed by atoms with E-state index in [1.807, 2.05) is 11.3 Å². The van der Waals surface area contributed by atoms with Crippen LogP contribution in [0.25, 0.3) is 0 Å². The fourth-order valence-corrected chi connectivity index (χ4v) is 4.76. The molecule has 0 bridgehead atoms. The molecule has 2 atom stereocenters. The van der Waals surface area contributed by atoms with Crippen LogP contribution in [0, 0.1) is 0 Å². The number of aromatic nitrogens is 1. The molecule has 0 amide bonds. The molecule has 104 valence electrons. The van der Waals surface area contributed by atoms with Crippen LogP contribution in [0.5, 0.6) is 0 Å². The number of morpholine rings is 1. The summed E-state index contributed by atoms with van der Waals surface area (Å²) in [7, 11) is 0. The molecule has 4 heteroatoms. The van der Waals surface area contributed by atoms with Crippen molar-refractivity contribution in [1.29, 1.82) is 0 Å². The van der Waals surface area contributed by atoms with E-state index >= 15 is 0 Å². The summed E-state index contributed by atoms with van der Waals surface area (Å²) in [6.45, 7) is 3.22. The second-order valence-corrected chi connectivity index (χ2v) is 7.09. The molecule has 3 nitrogen and oxygen atoms in total. The molecule has 1 aliphatic carbocycles. The van der Waals surface area contributed by atoms with Crippen molar-refractivity contribution in [1.82, 2.24) is 9.88 Å². The van der Waals surface area contributed by atoms with Crippen molar-refractivity contribution in [3.05, 3.63) is 16.1 Å². The molecule has 0 aromatic carbocycles. The average molecular weight is 278 g/mol. The van der Waals surface area contributed by atoms with Gasteiger partial charge in [-0.2, -0.15) is 0 Å². The third kappa shape index (κ3) is 2.34. The Kier molecular flexibility index (Phi) is 3.34. The molecule has 4 rings (SSSR count). The Hall–Kier alpha value is -0.450. The first-order valence-corrected chi connectivity index (χ1v) is 8.59. The fraction of sp³-hybridized carbons (Fsp3) is 0.800. The van der Waals surface area contributed by atoms with Gasteiger partial charge in [0.25, 0.3) is 0 Å². The monoisotopic (exact) mass is 278 g/mol. The van der Waals surface area contributed by atoms with Gasteiger partial charge in [0.2, 0.25) is 0 Å². The zero-order chi connectivity index (χ0) is 12.7. The maximum atomic E-state index is 6.06. The van der Waals surface area contributed by atoms with Crippen LogP contribution in [0.4, 0.5) is 0 Å². The fourth-order valence-electron chi connectivity index (χ4n) is 3.82. The van der Waals surface area contributed by atoms with Crippen molar-refractivity contribution in [3.63, 3.8) is 0 Å². The quantitative estimate of drug-likeness (QED) is 0.829. The topological polar surface area (TPSA) is 25.4 Å². The summed E-state index contributed by atoms with van der Waals surface area (Å²) in [5, 5.41) is 3.50. The summed E-state index contributed by atoms with van der Waals surface area (Å²) >= 11 is 1.81. The Morgan fingerprint density at radius 2 is 2.11 bits per heavy atom. The van der Waals surface area contributed by atoms with Gasteiger partial charge >= 0.3 is 0 Å². The summed E-state index contributed by atoms with van der Waals surface area (Å²) in [6, 6.07) is 0.686. The lowest BCUT2D eigenvalue weighted by atomic mass is 10.1. The molecule has 3 heterocycles. The maximum Gasteiger partial charge on any atom is 0.123 e. The highest BCUT2D eigenvalue weighted by atomic mass is 32.1. The van der Waals surface area contributed by atoms with Gasteiger partial charge in [0.1, 0.15) is 11.1 Å². The Labute approximate surface area is 119 Å².